The topological polar surface area (TPSA) is 17.1 Å². The lowest BCUT2D eigenvalue weighted by molar-refractivity contribution is -0.104. The lowest BCUT2D eigenvalue weighted by atomic mass is 9.62. The van der Waals surface area contributed by atoms with Crippen LogP contribution in [0.15, 0.2) is 48.5 Å². The molecule has 26 heavy (non-hydrogen) atoms. The Morgan fingerprint density at radius 1 is 0.885 bits per heavy atom. The Morgan fingerprint density at radius 3 is 2.23 bits per heavy atom. The predicted molar refractivity (Wildman–Crippen MR) is 111 cm³/mol. The van der Waals surface area contributed by atoms with Crippen LogP contribution >= 0.6 is 0 Å². The number of allylic oxidation sites excluding steroid dienone is 1. The van der Waals surface area contributed by atoms with Crippen molar-refractivity contribution in [1.82, 2.24) is 0 Å². The molecule has 1 aliphatic rings. The molecule has 0 heterocycles. The smallest absolute Gasteiger partial charge is 0.142 e. The van der Waals surface area contributed by atoms with Gasteiger partial charge in [-0.05, 0) is 57.6 Å². The second-order valence-corrected chi connectivity index (χ2v) is 8.96. The van der Waals surface area contributed by atoms with Crippen molar-refractivity contribution in [2.75, 3.05) is 0 Å². The van der Waals surface area contributed by atoms with Crippen molar-refractivity contribution in [3.8, 4) is 0 Å². The van der Waals surface area contributed by atoms with E-state index in [2.05, 4.69) is 71.0 Å². The van der Waals surface area contributed by atoms with Gasteiger partial charge in [-0.1, -0.05) is 83.2 Å². The number of fused-ring (bicyclic) bond motifs is 1. The van der Waals surface area contributed by atoms with Gasteiger partial charge in [0, 0.05) is 5.92 Å². The quantitative estimate of drug-likeness (QED) is 0.462. The van der Waals surface area contributed by atoms with Gasteiger partial charge in [-0.3, -0.25) is 4.79 Å². The second-order valence-electron chi connectivity index (χ2n) is 8.96. The number of rotatable bonds is 4. The molecule has 1 unspecified atom stereocenters. The Bertz CT molecular complexity index is 839. The van der Waals surface area contributed by atoms with Gasteiger partial charge < -0.3 is 0 Å². The summed E-state index contributed by atoms with van der Waals surface area (Å²) in [5, 5.41) is 0. The summed E-state index contributed by atoms with van der Waals surface area (Å²) in [5.74, 6) is 0.325. The Morgan fingerprint density at radius 2 is 1.54 bits per heavy atom. The van der Waals surface area contributed by atoms with Crippen LogP contribution in [0.4, 0.5) is 0 Å². The van der Waals surface area contributed by atoms with Gasteiger partial charge in [0.25, 0.3) is 0 Å². The molecule has 0 saturated heterocycles. The monoisotopic (exact) mass is 346 g/mol. The Hall–Kier alpha value is -2.15. The molecule has 0 amide bonds. The Balaban J connectivity index is 2.00. The largest absolute Gasteiger partial charge is 0.299 e. The molecule has 3 rings (SSSR count). The lowest BCUT2D eigenvalue weighted by Crippen LogP contribution is -2.34. The molecule has 1 nitrogen and oxygen atoms in total. The van der Waals surface area contributed by atoms with Gasteiger partial charge in [-0.15, -0.1) is 0 Å². The van der Waals surface area contributed by atoms with Crippen LogP contribution in [-0.2, 0) is 15.6 Å². The maximum atomic E-state index is 10.6. The van der Waals surface area contributed by atoms with Gasteiger partial charge in [0.2, 0.25) is 0 Å². The van der Waals surface area contributed by atoms with E-state index in [1.807, 2.05) is 12.1 Å². The predicted octanol–water partition coefficient (Wildman–Crippen LogP) is 6.40. The first kappa shape index (κ1) is 18.6. The van der Waals surface area contributed by atoms with E-state index in [1.165, 1.54) is 35.1 Å². The van der Waals surface area contributed by atoms with Crippen LogP contribution in [0, 0.1) is 0 Å². The Labute approximate surface area is 158 Å². The number of benzene rings is 2. The maximum absolute atomic E-state index is 10.6. The molecule has 0 bridgehead atoms. The highest BCUT2D eigenvalue weighted by atomic mass is 16.1. The van der Waals surface area contributed by atoms with E-state index in [9.17, 15) is 4.79 Å². The van der Waals surface area contributed by atoms with E-state index >= 15 is 0 Å². The van der Waals surface area contributed by atoms with E-state index in [4.69, 9.17) is 0 Å². The first-order valence-electron chi connectivity index (χ1n) is 9.61. The molecular formula is C25H30O. The highest BCUT2D eigenvalue weighted by Crippen LogP contribution is 2.46. The van der Waals surface area contributed by atoms with Crippen molar-refractivity contribution in [2.24, 2.45) is 0 Å². The van der Waals surface area contributed by atoms with Crippen LogP contribution in [0.25, 0.3) is 6.08 Å². The van der Waals surface area contributed by atoms with Crippen molar-refractivity contribution in [3.05, 3.63) is 76.4 Å². The molecule has 0 saturated carbocycles. The van der Waals surface area contributed by atoms with Crippen LogP contribution in [0.2, 0.25) is 0 Å². The summed E-state index contributed by atoms with van der Waals surface area (Å²) >= 11 is 0. The molecule has 2 aromatic rings. The van der Waals surface area contributed by atoms with Crippen molar-refractivity contribution in [3.63, 3.8) is 0 Å². The van der Waals surface area contributed by atoms with E-state index in [0.717, 1.165) is 11.8 Å². The fraction of sp³-hybridized carbons (Fsp3) is 0.400. The lowest BCUT2D eigenvalue weighted by Gasteiger charge is -2.42. The van der Waals surface area contributed by atoms with Crippen molar-refractivity contribution < 1.29 is 4.79 Å². The molecule has 1 heteroatoms. The van der Waals surface area contributed by atoms with Crippen LogP contribution in [0.3, 0.4) is 0 Å². The molecule has 1 atom stereocenters. The summed E-state index contributed by atoms with van der Waals surface area (Å²) in [5.41, 5.74) is 7.22. The summed E-state index contributed by atoms with van der Waals surface area (Å²) < 4.78 is 0. The molecule has 136 valence electrons. The molecule has 0 radical (unpaired) electrons. The zero-order valence-electron chi connectivity index (χ0n) is 16.7. The molecule has 0 N–H and O–H groups in total. The maximum Gasteiger partial charge on any atom is 0.142 e. The van der Waals surface area contributed by atoms with E-state index in [1.54, 1.807) is 6.08 Å². The minimum atomic E-state index is 0.231. The first-order valence-corrected chi connectivity index (χ1v) is 9.61. The molecule has 0 fully saturated rings. The van der Waals surface area contributed by atoms with Crippen LogP contribution in [-0.4, -0.2) is 6.29 Å². The summed E-state index contributed by atoms with van der Waals surface area (Å²) in [4.78, 5) is 10.6. The minimum Gasteiger partial charge on any atom is -0.299 e. The third kappa shape index (κ3) is 3.53. The van der Waals surface area contributed by atoms with E-state index in [0.29, 0.717) is 5.92 Å². The molecule has 0 spiro atoms. The van der Waals surface area contributed by atoms with E-state index in [-0.39, 0.29) is 10.8 Å². The molecule has 0 aliphatic heterocycles. The zero-order chi connectivity index (χ0) is 18.9. The zero-order valence-corrected chi connectivity index (χ0v) is 16.7. The summed E-state index contributed by atoms with van der Waals surface area (Å²) in [6, 6.07) is 15.6. The van der Waals surface area contributed by atoms with Gasteiger partial charge in [0.05, 0.1) is 0 Å². The standard InChI is InChI=1S/C25H30O/c1-18(20-10-6-8-19(16-20)9-7-15-26)21-11-12-22-23(17-21)25(4,5)14-13-24(22,2)3/h6-12,15-18H,13-14H2,1-5H3/b9-7+. The highest BCUT2D eigenvalue weighted by molar-refractivity contribution is 5.73. The molecular weight excluding hydrogens is 316 g/mol. The number of hydrogen-bond acceptors (Lipinski definition) is 1. The molecule has 1 aliphatic carbocycles. The number of carbonyl (C=O) groups is 1. The molecule has 0 aromatic heterocycles. The average Bonchev–Trinajstić information content (AvgIpc) is 2.63. The van der Waals surface area contributed by atoms with Crippen LogP contribution in [0.1, 0.15) is 81.2 Å². The second kappa shape index (κ2) is 6.87. The third-order valence-corrected chi connectivity index (χ3v) is 6.15. The number of aldehydes is 1. The van der Waals surface area contributed by atoms with Crippen molar-refractivity contribution in [1.29, 1.82) is 0 Å². The summed E-state index contributed by atoms with van der Waals surface area (Å²) in [6.07, 6.45) is 6.71. The SMILES string of the molecule is CC(c1cccc(/C=C/C=O)c1)c1ccc2c(c1)C(C)(C)CCC2(C)C. The third-order valence-electron chi connectivity index (χ3n) is 6.15. The van der Waals surface area contributed by atoms with Crippen molar-refractivity contribution in [2.45, 2.75) is 64.2 Å². The van der Waals surface area contributed by atoms with Gasteiger partial charge in [0.1, 0.15) is 6.29 Å². The van der Waals surface area contributed by atoms with Gasteiger partial charge in [-0.2, -0.15) is 0 Å². The van der Waals surface area contributed by atoms with E-state index < -0.39 is 0 Å². The molecule has 2 aromatic carbocycles. The Kier molecular flexibility index (Phi) is 4.92. The minimum absolute atomic E-state index is 0.231. The van der Waals surface area contributed by atoms with Crippen LogP contribution in [0.5, 0.6) is 0 Å². The van der Waals surface area contributed by atoms with Gasteiger partial charge >= 0.3 is 0 Å². The number of carbonyl (C=O) groups excluding carboxylic acids is 1. The number of hydrogen-bond donors (Lipinski definition) is 0. The fourth-order valence-corrected chi connectivity index (χ4v) is 4.15. The van der Waals surface area contributed by atoms with Gasteiger partial charge in [0.15, 0.2) is 0 Å². The summed E-state index contributed by atoms with van der Waals surface area (Å²) in [7, 11) is 0. The van der Waals surface area contributed by atoms with Crippen LogP contribution < -0.4 is 0 Å². The fourth-order valence-electron chi connectivity index (χ4n) is 4.15. The van der Waals surface area contributed by atoms with Crippen molar-refractivity contribution >= 4 is 12.4 Å². The first-order chi connectivity index (χ1) is 12.2. The average molecular weight is 347 g/mol. The van der Waals surface area contributed by atoms with Gasteiger partial charge in [-0.25, -0.2) is 0 Å². The summed E-state index contributed by atoms with van der Waals surface area (Å²) in [6.45, 7) is 11.8. The highest BCUT2D eigenvalue weighted by Gasteiger charge is 2.37. The normalized spacial score (nSPS) is 19.1.